The quantitative estimate of drug-likeness (QED) is 0.232. The molecule has 57 heavy (non-hydrogen) atoms. The molecule has 0 amide bonds. The number of rotatable bonds is 3. The number of carbonyl (C=O) groups excluding carboxylic acids is 2. The Bertz CT molecular complexity index is 1670. The molecule has 3 N–H and O–H groups in total. The smallest absolute Gasteiger partial charge is 0.168 e. The van der Waals surface area contributed by atoms with Crippen LogP contribution in [0, 0.1) is 40.4 Å². The van der Waals surface area contributed by atoms with Crippen molar-refractivity contribution in [2.45, 2.75) is 149 Å². The number of halogens is 2. The van der Waals surface area contributed by atoms with E-state index in [1.54, 1.807) is 22.7 Å². The summed E-state index contributed by atoms with van der Waals surface area (Å²) in [6.07, 6.45) is 11.6. The second-order valence-corrected chi connectivity index (χ2v) is 19.9. The van der Waals surface area contributed by atoms with E-state index >= 15 is 0 Å². The summed E-state index contributed by atoms with van der Waals surface area (Å²) >= 11 is 6.78. The molecule has 2 saturated heterocycles. The van der Waals surface area contributed by atoms with Gasteiger partial charge in [0.05, 0.1) is 50.6 Å². The zero-order valence-corrected chi connectivity index (χ0v) is 38.4. The average molecular weight is 895 g/mol. The van der Waals surface area contributed by atoms with Gasteiger partial charge >= 0.3 is 0 Å². The molecule has 3 saturated carbocycles. The number of nitrogens with two attached hydrogens (primary N) is 1. The van der Waals surface area contributed by atoms with Gasteiger partial charge in [0.2, 0.25) is 0 Å². The van der Waals surface area contributed by atoms with Crippen LogP contribution in [-0.2, 0) is 28.5 Å². The first kappa shape index (κ1) is 47.5. The van der Waals surface area contributed by atoms with Gasteiger partial charge in [0.25, 0.3) is 0 Å². The van der Waals surface area contributed by atoms with E-state index in [9.17, 15) is 14.0 Å². The first-order chi connectivity index (χ1) is 27.4. The fourth-order valence-electron chi connectivity index (χ4n) is 6.86. The molecule has 2 aromatic rings. The molecular weight excluding hydrogens is 828 g/mol. The number of Topliss-reactive ketones (excluding diaryl/α,β-unsaturated/α-hetero) is 2. The molecule has 3 aliphatic carbocycles. The largest absolute Gasteiger partial charge is 0.382 e. The SMILES string of the molecule is CC(=O)C1CCCCC1=O.CC(C)(C)C#Cc1cc(Br)cs1.CC(C)(C)C#Cc1cc(NC2CCC3(CC2)OCCO3)cs1.NC1CCC2(CC1)OCCO2.[2H]CF. The van der Waals surface area contributed by atoms with Gasteiger partial charge in [0.1, 0.15) is 11.6 Å². The molecule has 0 radical (unpaired) electrons. The van der Waals surface area contributed by atoms with Crippen LogP contribution in [0.3, 0.4) is 0 Å². The standard InChI is InChI=1S/C18H25NO2S.C10H11BrS.C8H15NO2.C8H12O2.CH3F/c1-17(2,3)7-6-16-12-15(13-22-16)19-14-4-8-18(9-5-14)20-10-11-21-18;1-10(2,3)5-4-9-6-8(11)7-12-9;9-7-1-3-8(4-2-7)10-5-6-11-8;1-6(9)7-4-2-3-5-8(7)10;1-2/h12-14,19H,4-5,8-11H2,1-3H3;6-7H,1-3H3;7H,1-6,9H2;7H,2-5H2,1H3;1H3/i;;;;1D. The van der Waals surface area contributed by atoms with Crippen molar-refractivity contribution in [3.8, 4) is 23.7 Å². The molecule has 8 nitrogen and oxygen atoms in total. The van der Waals surface area contributed by atoms with Gasteiger partial charge in [-0.05, 0) is 115 Å². The number of ether oxygens (including phenoxy) is 4. The highest BCUT2D eigenvalue weighted by atomic mass is 79.9. The van der Waals surface area contributed by atoms with Gasteiger partial charge in [-0.1, -0.05) is 30.1 Å². The normalized spacial score (nSPS) is 22.6. The molecule has 1 atom stereocenters. The molecule has 0 bridgehead atoms. The highest BCUT2D eigenvalue weighted by Crippen LogP contribution is 2.37. The van der Waals surface area contributed by atoms with E-state index in [0.717, 1.165) is 111 Å². The molecule has 2 aliphatic heterocycles. The van der Waals surface area contributed by atoms with Gasteiger partial charge < -0.3 is 30.0 Å². The number of thiophene rings is 2. The average Bonchev–Trinajstić information content (AvgIpc) is 4.00. The zero-order chi connectivity index (χ0) is 42.8. The van der Waals surface area contributed by atoms with Crippen molar-refractivity contribution in [1.82, 2.24) is 0 Å². The molecule has 318 valence electrons. The number of nitrogens with one attached hydrogen (secondary N) is 1. The van der Waals surface area contributed by atoms with Gasteiger partial charge in [0.15, 0.2) is 11.6 Å². The molecule has 5 fully saturated rings. The van der Waals surface area contributed by atoms with Gasteiger partial charge in [0, 0.05) is 75.9 Å². The van der Waals surface area contributed by atoms with E-state index in [2.05, 4.69) is 97.9 Å². The van der Waals surface area contributed by atoms with E-state index in [4.69, 9.17) is 26.1 Å². The van der Waals surface area contributed by atoms with Crippen LogP contribution >= 0.6 is 38.6 Å². The number of hydrogen-bond acceptors (Lipinski definition) is 10. The molecule has 0 aromatic carbocycles. The predicted octanol–water partition coefficient (Wildman–Crippen LogP) is 10.7. The Morgan fingerprint density at radius 3 is 1.74 bits per heavy atom. The van der Waals surface area contributed by atoms with Gasteiger partial charge in [-0.3, -0.25) is 14.0 Å². The van der Waals surface area contributed by atoms with Crippen molar-refractivity contribution in [3.05, 3.63) is 37.1 Å². The number of hydrogen-bond donors (Lipinski definition) is 2. The Kier molecular flexibility index (Phi) is 19.7. The molecule has 4 heterocycles. The predicted molar refractivity (Wildman–Crippen MR) is 235 cm³/mol. The fourth-order valence-corrected chi connectivity index (χ4v) is 8.82. The molecule has 2 aromatic heterocycles. The third kappa shape index (κ3) is 18.4. The number of alkyl halides is 1. The third-order valence-corrected chi connectivity index (χ3v) is 12.3. The fraction of sp³-hybridized carbons (Fsp3) is 0.689. The Morgan fingerprint density at radius 1 is 0.842 bits per heavy atom. The van der Waals surface area contributed by atoms with E-state index in [1.165, 1.54) is 12.6 Å². The van der Waals surface area contributed by atoms with Gasteiger partial charge in [-0.15, -0.1) is 22.7 Å². The topological polar surface area (TPSA) is 109 Å². The van der Waals surface area contributed by atoms with E-state index in [1.807, 2.05) is 11.4 Å². The molecule has 5 aliphatic rings. The van der Waals surface area contributed by atoms with Crippen LogP contribution in [0.4, 0.5) is 10.1 Å². The minimum absolute atomic E-state index is 0.0460. The summed E-state index contributed by atoms with van der Waals surface area (Å²) in [6.45, 7) is 17.3. The maximum Gasteiger partial charge on any atom is 0.168 e. The summed E-state index contributed by atoms with van der Waals surface area (Å²) in [4.78, 5) is 24.1. The number of carbonyl (C=O) groups is 2. The van der Waals surface area contributed by atoms with Crippen LogP contribution in [-0.4, -0.2) is 68.8 Å². The van der Waals surface area contributed by atoms with Crippen LogP contribution < -0.4 is 11.1 Å². The highest BCUT2D eigenvalue weighted by molar-refractivity contribution is 9.10. The summed E-state index contributed by atoms with van der Waals surface area (Å²) in [5, 5.41) is 7.85. The Labute approximate surface area is 359 Å². The Hall–Kier alpha value is -2.13. The highest BCUT2D eigenvalue weighted by Gasteiger charge is 2.41. The van der Waals surface area contributed by atoms with Crippen LogP contribution in [0.5, 0.6) is 0 Å². The lowest BCUT2D eigenvalue weighted by atomic mass is 9.86. The second kappa shape index (κ2) is 23.6. The Morgan fingerprint density at radius 2 is 1.32 bits per heavy atom. The van der Waals surface area contributed by atoms with Crippen molar-refractivity contribution >= 4 is 55.9 Å². The van der Waals surface area contributed by atoms with Crippen molar-refractivity contribution in [2.75, 3.05) is 38.9 Å². The lowest BCUT2D eigenvalue weighted by molar-refractivity contribution is -0.178. The summed E-state index contributed by atoms with van der Waals surface area (Å²) < 4.78 is 39.3. The Balaban J connectivity index is 0.000000214. The minimum atomic E-state index is -1.00. The van der Waals surface area contributed by atoms with E-state index in [0.29, 0.717) is 18.5 Å². The zero-order valence-electron chi connectivity index (χ0n) is 36.2. The number of anilines is 1. The number of ketones is 2. The van der Waals surface area contributed by atoms with Crippen LogP contribution in [0.25, 0.3) is 0 Å². The lowest BCUT2D eigenvalue weighted by Crippen LogP contribution is -2.39. The lowest BCUT2D eigenvalue weighted by Gasteiger charge is -2.35. The van der Waals surface area contributed by atoms with Crippen molar-refractivity contribution in [1.29, 1.82) is 0 Å². The maximum absolute atomic E-state index is 11.0. The maximum atomic E-state index is 11.0. The summed E-state index contributed by atoms with van der Waals surface area (Å²) in [7, 11) is -1.00. The van der Waals surface area contributed by atoms with E-state index < -0.39 is 7.15 Å². The van der Waals surface area contributed by atoms with Crippen LogP contribution in [0.15, 0.2) is 27.4 Å². The summed E-state index contributed by atoms with van der Waals surface area (Å²) in [5.41, 5.74) is 7.11. The third-order valence-electron chi connectivity index (χ3n) is 9.87. The molecule has 7 rings (SSSR count). The van der Waals surface area contributed by atoms with Crippen LogP contribution in [0.2, 0.25) is 0 Å². The first-order valence-electron chi connectivity index (χ1n) is 20.9. The molecule has 12 heteroatoms. The monoisotopic (exact) mass is 893 g/mol. The minimum Gasteiger partial charge on any atom is -0.382 e. The van der Waals surface area contributed by atoms with Crippen LogP contribution in [0.1, 0.15) is 137 Å². The van der Waals surface area contributed by atoms with E-state index in [-0.39, 0.29) is 39.9 Å². The van der Waals surface area contributed by atoms with Gasteiger partial charge in [-0.2, -0.15) is 0 Å². The van der Waals surface area contributed by atoms with Crippen molar-refractivity contribution < 1.29 is 34.3 Å². The summed E-state index contributed by atoms with van der Waals surface area (Å²) in [6, 6.07) is 5.09. The molecular formula is C45H66BrFN2O6S2. The molecule has 2 spiro atoms. The second-order valence-electron chi connectivity index (χ2n) is 17.2. The summed E-state index contributed by atoms with van der Waals surface area (Å²) in [5.74, 6) is 12.3. The van der Waals surface area contributed by atoms with Gasteiger partial charge in [-0.25, -0.2) is 0 Å². The first-order valence-corrected chi connectivity index (χ1v) is 22.8. The molecule has 1 unspecified atom stereocenters. The van der Waals surface area contributed by atoms with Crippen molar-refractivity contribution in [2.24, 2.45) is 22.5 Å². The van der Waals surface area contributed by atoms with Crippen molar-refractivity contribution in [3.63, 3.8) is 0 Å².